The largest absolute Gasteiger partial charge is 0.394 e. The zero-order chi connectivity index (χ0) is 15.6. The van der Waals surface area contributed by atoms with Crippen LogP contribution in [0.2, 0.25) is 0 Å². The first-order valence-electron chi connectivity index (χ1n) is 6.45. The molecule has 0 amide bonds. The van der Waals surface area contributed by atoms with E-state index in [2.05, 4.69) is 4.98 Å². The van der Waals surface area contributed by atoms with Gasteiger partial charge in [0.15, 0.2) is 12.5 Å². The number of ether oxygens (including phenoxy) is 3. The molecule has 9 heteroatoms. The second kappa shape index (κ2) is 6.50. The Hall–Kier alpha value is -1.52. The molecule has 0 aromatic carbocycles. The van der Waals surface area contributed by atoms with Gasteiger partial charge in [0.25, 0.3) is 0 Å². The molecule has 5 atom stereocenters. The summed E-state index contributed by atoms with van der Waals surface area (Å²) >= 11 is 0. The number of hydrogen-bond acceptors (Lipinski definition) is 8. The van der Waals surface area contributed by atoms with E-state index >= 15 is 0 Å². The maximum absolute atomic E-state index is 11.8. The minimum atomic E-state index is -1.16. The maximum Gasteiger partial charge on any atom is 0.351 e. The molecule has 0 radical (unpaired) electrons. The van der Waals surface area contributed by atoms with Crippen LogP contribution < -0.4 is 11.4 Å². The first-order valence-corrected chi connectivity index (χ1v) is 6.45. The van der Waals surface area contributed by atoms with Gasteiger partial charge in [-0.3, -0.25) is 4.57 Å². The molecule has 1 unspecified atom stereocenters. The number of nitrogen functional groups attached to an aromatic ring is 1. The molecule has 1 aliphatic heterocycles. The second-order valence-electron chi connectivity index (χ2n) is 4.68. The van der Waals surface area contributed by atoms with Gasteiger partial charge in [0.1, 0.15) is 24.1 Å². The predicted octanol–water partition coefficient (Wildman–Crippen LogP) is -1.55. The van der Waals surface area contributed by atoms with Crippen LogP contribution in [-0.2, 0) is 14.2 Å². The number of aliphatic hydroxyl groups excluding tert-OH is 2. The minimum Gasteiger partial charge on any atom is -0.394 e. The van der Waals surface area contributed by atoms with Gasteiger partial charge in [-0.15, -0.1) is 0 Å². The van der Waals surface area contributed by atoms with Crippen molar-refractivity contribution in [1.29, 1.82) is 0 Å². The van der Waals surface area contributed by atoms with Gasteiger partial charge in [-0.2, -0.15) is 4.98 Å². The van der Waals surface area contributed by atoms with Gasteiger partial charge in [0, 0.05) is 13.3 Å². The molecule has 1 aromatic heterocycles. The van der Waals surface area contributed by atoms with Crippen LogP contribution in [0.3, 0.4) is 0 Å². The number of rotatable bonds is 5. The van der Waals surface area contributed by atoms with E-state index in [0.29, 0.717) is 0 Å². The smallest absolute Gasteiger partial charge is 0.351 e. The molecule has 1 fully saturated rings. The van der Waals surface area contributed by atoms with E-state index < -0.39 is 36.5 Å². The third kappa shape index (κ3) is 3.22. The fraction of sp³-hybridized carbons (Fsp3) is 0.667. The highest BCUT2D eigenvalue weighted by Crippen LogP contribution is 2.31. The fourth-order valence-corrected chi connectivity index (χ4v) is 2.16. The lowest BCUT2D eigenvalue weighted by Gasteiger charge is -2.23. The molecule has 21 heavy (non-hydrogen) atoms. The molecule has 1 saturated heterocycles. The number of anilines is 1. The van der Waals surface area contributed by atoms with Crippen LogP contribution >= 0.6 is 0 Å². The van der Waals surface area contributed by atoms with Gasteiger partial charge < -0.3 is 30.2 Å². The Kier molecular flexibility index (Phi) is 4.91. The van der Waals surface area contributed by atoms with Gasteiger partial charge in [0.05, 0.1) is 6.61 Å². The monoisotopic (exact) mass is 301 g/mol. The van der Waals surface area contributed by atoms with Crippen LogP contribution in [0, 0.1) is 0 Å². The summed E-state index contributed by atoms with van der Waals surface area (Å²) in [6.07, 6.45) is -3.02. The maximum atomic E-state index is 11.8. The Balaban J connectivity index is 2.24. The molecular formula is C12H19N3O6. The number of aromatic nitrogens is 2. The van der Waals surface area contributed by atoms with Gasteiger partial charge in [-0.1, -0.05) is 0 Å². The topological polar surface area (TPSA) is 129 Å². The highest BCUT2D eigenvalue weighted by molar-refractivity contribution is 5.23. The van der Waals surface area contributed by atoms with Crippen molar-refractivity contribution < 1.29 is 24.4 Å². The SMILES string of the molecule is COC(C)O[C@H]1[C@@H](O)[C@H](n2ccc(N)nc2=O)O[C@@H]1CO. The van der Waals surface area contributed by atoms with Crippen molar-refractivity contribution in [3.05, 3.63) is 22.7 Å². The molecule has 2 rings (SSSR count). The van der Waals surface area contributed by atoms with Crippen LogP contribution in [0.1, 0.15) is 13.2 Å². The van der Waals surface area contributed by atoms with E-state index in [0.717, 1.165) is 4.57 Å². The molecule has 0 bridgehead atoms. The molecule has 0 saturated carbocycles. The lowest BCUT2D eigenvalue weighted by atomic mass is 10.1. The van der Waals surface area contributed by atoms with Crippen molar-refractivity contribution >= 4 is 5.82 Å². The molecule has 118 valence electrons. The Labute approximate surface area is 120 Å². The van der Waals surface area contributed by atoms with Gasteiger partial charge in [-0.05, 0) is 13.0 Å². The minimum absolute atomic E-state index is 0.0725. The lowest BCUT2D eigenvalue weighted by Crippen LogP contribution is -2.40. The normalized spacial score (nSPS) is 30.5. The summed E-state index contributed by atoms with van der Waals surface area (Å²) in [5.41, 5.74) is 4.76. The van der Waals surface area contributed by atoms with Crippen molar-refractivity contribution in [1.82, 2.24) is 9.55 Å². The molecule has 2 heterocycles. The summed E-state index contributed by atoms with van der Waals surface area (Å²) in [5.74, 6) is 0.0725. The average Bonchev–Trinajstić information content (AvgIpc) is 2.76. The van der Waals surface area contributed by atoms with Gasteiger partial charge in [-0.25, -0.2) is 4.79 Å². The lowest BCUT2D eigenvalue weighted by molar-refractivity contribution is -0.175. The third-order valence-electron chi connectivity index (χ3n) is 3.30. The highest BCUT2D eigenvalue weighted by atomic mass is 16.7. The molecule has 1 aliphatic rings. The summed E-state index contributed by atoms with van der Waals surface area (Å²) in [5, 5.41) is 19.6. The van der Waals surface area contributed by atoms with E-state index in [9.17, 15) is 15.0 Å². The van der Waals surface area contributed by atoms with Crippen LogP contribution in [0.15, 0.2) is 17.1 Å². The molecule has 0 aliphatic carbocycles. The summed E-state index contributed by atoms with van der Waals surface area (Å²) in [6, 6.07) is 1.41. The number of methoxy groups -OCH3 is 1. The predicted molar refractivity (Wildman–Crippen MR) is 71.3 cm³/mol. The molecule has 4 N–H and O–H groups in total. The summed E-state index contributed by atoms with van der Waals surface area (Å²) in [7, 11) is 1.45. The van der Waals surface area contributed by atoms with Crippen LogP contribution in [0.25, 0.3) is 0 Å². The van der Waals surface area contributed by atoms with Crippen LogP contribution in [-0.4, -0.2) is 58.1 Å². The zero-order valence-electron chi connectivity index (χ0n) is 11.7. The van der Waals surface area contributed by atoms with Crippen molar-refractivity contribution in [3.63, 3.8) is 0 Å². The van der Waals surface area contributed by atoms with Crippen LogP contribution in [0.4, 0.5) is 5.82 Å². The number of nitrogens with two attached hydrogens (primary N) is 1. The van der Waals surface area contributed by atoms with Crippen molar-refractivity contribution in [3.8, 4) is 0 Å². The van der Waals surface area contributed by atoms with E-state index in [1.807, 2.05) is 0 Å². The molecular weight excluding hydrogens is 282 g/mol. The standard InChI is InChI=1S/C12H19N3O6/c1-6(19-2)20-10-7(5-16)21-11(9(10)17)15-4-3-8(13)14-12(15)18/h3-4,6-7,9-11,16-17H,5H2,1-2H3,(H2,13,14,18)/t6?,7-,9-,10-,11-/m1/s1. The number of nitrogens with zero attached hydrogens (tertiary/aromatic N) is 2. The van der Waals surface area contributed by atoms with E-state index in [-0.39, 0.29) is 12.4 Å². The third-order valence-corrected chi connectivity index (χ3v) is 3.30. The quantitative estimate of drug-likeness (QED) is 0.558. The first-order chi connectivity index (χ1) is 9.97. The van der Waals surface area contributed by atoms with Crippen molar-refractivity contribution in [2.45, 2.75) is 37.8 Å². The summed E-state index contributed by atoms with van der Waals surface area (Å²) in [6.45, 7) is 1.28. The van der Waals surface area contributed by atoms with Crippen LogP contribution in [0.5, 0.6) is 0 Å². The van der Waals surface area contributed by atoms with Crippen molar-refractivity contribution in [2.24, 2.45) is 0 Å². The molecule has 9 nitrogen and oxygen atoms in total. The fourth-order valence-electron chi connectivity index (χ4n) is 2.16. The average molecular weight is 301 g/mol. The Morgan fingerprint density at radius 3 is 2.90 bits per heavy atom. The summed E-state index contributed by atoms with van der Waals surface area (Å²) in [4.78, 5) is 15.4. The summed E-state index contributed by atoms with van der Waals surface area (Å²) < 4.78 is 17.0. The number of aliphatic hydroxyl groups is 2. The highest BCUT2D eigenvalue weighted by Gasteiger charge is 2.46. The Bertz CT molecular complexity index is 536. The van der Waals surface area contributed by atoms with Gasteiger partial charge in [0.2, 0.25) is 0 Å². The molecule has 1 aromatic rings. The second-order valence-corrected chi connectivity index (χ2v) is 4.68. The Morgan fingerprint density at radius 2 is 2.33 bits per heavy atom. The van der Waals surface area contributed by atoms with E-state index in [1.54, 1.807) is 6.92 Å². The Morgan fingerprint density at radius 1 is 1.62 bits per heavy atom. The van der Waals surface area contributed by atoms with E-state index in [1.165, 1.54) is 19.4 Å². The van der Waals surface area contributed by atoms with E-state index in [4.69, 9.17) is 19.9 Å². The van der Waals surface area contributed by atoms with Gasteiger partial charge >= 0.3 is 5.69 Å². The first kappa shape index (κ1) is 15.9. The van der Waals surface area contributed by atoms with Crippen molar-refractivity contribution in [2.75, 3.05) is 19.5 Å². The number of hydrogen-bond donors (Lipinski definition) is 3. The zero-order valence-corrected chi connectivity index (χ0v) is 11.7. The molecule has 0 spiro atoms.